The van der Waals surface area contributed by atoms with Crippen LogP contribution in [-0.2, 0) is 25.7 Å². The number of amides is 2. The number of alkyl halides is 2. The molecule has 0 saturated heterocycles. The summed E-state index contributed by atoms with van der Waals surface area (Å²) in [5, 5.41) is 5.23. The molecule has 1 heterocycles. The molecule has 0 radical (unpaired) electrons. The first-order chi connectivity index (χ1) is 12.3. The Labute approximate surface area is 150 Å². The maximum atomic E-state index is 12.0. The molecule has 0 fully saturated rings. The normalized spacial score (nSPS) is 13.4. The molecular weight excluding hydrogens is 350 g/mol. The van der Waals surface area contributed by atoms with Gasteiger partial charge in [-0.3, -0.25) is 14.9 Å². The van der Waals surface area contributed by atoms with Gasteiger partial charge >= 0.3 is 12.1 Å². The number of ether oxygens (including phenoxy) is 2. The minimum Gasteiger partial charge on any atom is -0.469 e. The summed E-state index contributed by atoms with van der Waals surface area (Å²) in [6.07, 6.45) is -2.31. The average Bonchev–Trinajstić information content (AvgIpc) is 2.59. The minimum absolute atomic E-state index is 0.129. The minimum atomic E-state index is -2.61. The largest absolute Gasteiger partial charge is 0.469 e. The fourth-order valence-corrected chi connectivity index (χ4v) is 2.21. The second-order valence-corrected chi connectivity index (χ2v) is 5.51. The Kier molecular flexibility index (Phi) is 8.47. The van der Waals surface area contributed by atoms with E-state index in [4.69, 9.17) is 4.74 Å². The van der Waals surface area contributed by atoms with Crippen LogP contribution >= 0.6 is 0 Å². The number of esters is 1. The summed E-state index contributed by atoms with van der Waals surface area (Å²) in [6.45, 7) is 3.42. The van der Waals surface area contributed by atoms with Crippen molar-refractivity contribution in [2.24, 2.45) is 5.92 Å². The number of methoxy groups -OCH3 is 1. The summed E-state index contributed by atoms with van der Waals surface area (Å²) < 4.78 is 33.1. The summed E-state index contributed by atoms with van der Waals surface area (Å²) in [7, 11) is 1.12. The van der Waals surface area contributed by atoms with E-state index in [1.54, 1.807) is 25.1 Å². The van der Waals surface area contributed by atoms with Crippen LogP contribution in [-0.4, -0.2) is 31.5 Å². The topological polar surface area (TPSA) is 93.7 Å². The molecule has 1 aliphatic rings. The molecule has 26 heavy (non-hydrogen) atoms. The molecule has 0 saturated carbocycles. The molecule has 1 unspecified atom stereocenters. The van der Waals surface area contributed by atoms with Gasteiger partial charge in [0, 0.05) is 18.2 Å². The first kappa shape index (κ1) is 21.3. The van der Waals surface area contributed by atoms with Gasteiger partial charge in [-0.25, -0.2) is 13.6 Å². The van der Waals surface area contributed by atoms with Gasteiger partial charge in [-0.1, -0.05) is 13.3 Å². The van der Waals surface area contributed by atoms with Gasteiger partial charge in [0.2, 0.25) is 5.91 Å². The third-order valence-corrected chi connectivity index (χ3v) is 3.43. The van der Waals surface area contributed by atoms with Gasteiger partial charge in [-0.05, 0) is 24.6 Å². The molecule has 9 heteroatoms. The molecule has 2 amide bonds. The lowest BCUT2D eigenvalue weighted by Gasteiger charge is -2.18. The Morgan fingerprint density at radius 3 is 2.62 bits per heavy atom. The van der Waals surface area contributed by atoms with Crippen molar-refractivity contribution >= 4 is 29.3 Å². The second-order valence-electron chi connectivity index (χ2n) is 5.51. The van der Waals surface area contributed by atoms with E-state index in [9.17, 15) is 23.2 Å². The highest BCUT2D eigenvalue weighted by molar-refractivity contribution is 5.91. The van der Waals surface area contributed by atoms with Gasteiger partial charge in [0.1, 0.15) is 12.5 Å². The Balaban J connectivity index is 0.000000276. The average molecular weight is 372 g/mol. The van der Waals surface area contributed by atoms with Crippen molar-refractivity contribution in [1.29, 1.82) is 0 Å². The van der Waals surface area contributed by atoms with Crippen LogP contribution in [0.25, 0.3) is 0 Å². The van der Waals surface area contributed by atoms with Crippen molar-refractivity contribution in [2.75, 3.05) is 17.7 Å². The van der Waals surface area contributed by atoms with E-state index in [0.29, 0.717) is 12.1 Å². The number of rotatable bonds is 5. The van der Waals surface area contributed by atoms with Crippen LogP contribution < -0.4 is 10.6 Å². The molecule has 2 N–H and O–H groups in total. The summed E-state index contributed by atoms with van der Waals surface area (Å²) in [6, 6.07) is 5.24. The SMILES string of the molecule is CC(=O)Nc1ccc2c(c1)COC(=O)N2.CCCC(C(=O)OC)C(F)F. The summed E-state index contributed by atoms with van der Waals surface area (Å²) in [5.41, 5.74) is 2.27. The summed E-state index contributed by atoms with van der Waals surface area (Å²) in [5.74, 6) is -2.19. The van der Waals surface area contributed by atoms with Gasteiger partial charge < -0.3 is 14.8 Å². The van der Waals surface area contributed by atoms with Crippen LogP contribution in [0.3, 0.4) is 0 Å². The number of carbonyl (C=O) groups excluding carboxylic acids is 3. The zero-order valence-corrected chi connectivity index (χ0v) is 14.8. The van der Waals surface area contributed by atoms with Crippen LogP contribution in [0.4, 0.5) is 25.0 Å². The Morgan fingerprint density at radius 1 is 1.38 bits per heavy atom. The smallest absolute Gasteiger partial charge is 0.411 e. The first-order valence-corrected chi connectivity index (χ1v) is 7.98. The Hall–Kier alpha value is -2.71. The van der Waals surface area contributed by atoms with E-state index < -0.39 is 24.4 Å². The quantitative estimate of drug-likeness (QED) is 0.771. The van der Waals surface area contributed by atoms with Crippen LogP contribution in [0.2, 0.25) is 0 Å². The van der Waals surface area contributed by atoms with Crippen molar-refractivity contribution in [2.45, 2.75) is 39.7 Å². The lowest BCUT2D eigenvalue weighted by molar-refractivity contribution is -0.151. The van der Waals surface area contributed by atoms with Crippen molar-refractivity contribution in [3.63, 3.8) is 0 Å². The van der Waals surface area contributed by atoms with E-state index in [2.05, 4.69) is 15.4 Å². The van der Waals surface area contributed by atoms with E-state index in [0.717, 1.165) is 18.4 Å². The summed E-state index contributed by atoms with van der Waals surface area (Å²) in [4.78, 5) is 32.3. The molecule has 0 aromatic heterocycles. The number of halogens is 2. The Morgan fingerprint density at radius 2 is 2.08 bits per heavy atom. The molecule has 1 aromatic carbocycles. The number of fused-ring (bicyclic) bond motifs is 1. The first-order valence-electron chi connectivity index (χ1n) is 7.98. The second kappa shape index (κ2) is 10.3. The van der Waals surface area contributed by atoms with Crippen LogP contribution in [0, 0.1) is 5.92 Å². The number of anilines is 2. The number of cyclic esters (lactones) is 1. The highest BCUT2D eigenvalue weighted by Crippen LogP contribution is 2.24. The van der Waals surface area contributed by atoms with Gasteiger partial charge in [0.25, 0.3) is 6.43 Å². The molecule has 1 aliphatic heterocycles. The summed E-state index contributed by atoms with van der Waals surface area (Å²) >= 11 is 0. The van der Waals surface area contributed by atoms with E-state index in [1.165, 1.54) is 6.92 Å². The molecule has 1 aromatic rings. The molecule has 0 spiro atoms. The maximum absolute atomic E-state index is 12.0. The standard InChI is InChI=1S/C10H10N2O3.C7H12F2O2/c1-6(13)11-8-2-3-9-7(4-8)5-15-10(14)12-9;1-3-4-5(6(8)9)7(10)11-2/h2-4H,5H2,1H3,(H,11,13)(H,12,14);5-6H,3-4H2,1-2H3. The van der Waals surface area contributed by atoms with E-state index in [-0.39, 0.29) is 18.9 Å². The van der Waals surface area contributed by atoms with Crippen molar-refractivity contribution < 1.29 is 32.6 Å². The third-order valence-electron chi connectivity index (χ3n) is 3.43. The molecule has 7 nitrogen and oxygen atoms in total. The maximum Gasteiger partial charge on any atom is 0.411 e. The van der Waals surface area contributed by atoms with Crippen LogP contribution in [0.5, 0.6) is 0 Å². The third kappa shape index (κ3) is 6.66. The monoisotopic (exact) mass is 372 g/mol. The number of benzene rings is 1. The zero-order chi connectivity index (χ0) is 19.7. The fourth-order valence-electron chi connectivity index (χ4n) is 2.21. The predicted molar refractivity (Wildman–Crippen MR) is 91.0 cm³/mol. The molecule has 144 valence electrons. The van der Waals surface area contributed by atoms with Crippen molar-refractivity contribution in [1.82, 2.24) is 0 Å². The Bertz CT molecular complexity index is 652. The molecule has 0 bridgehead atoms. The number of carbonyl (C=O) groups is 3. The number of hydrogen-bond donors (Lipinski definition) is 2. The number of hydrogen-bond acceptors (Lipinski definition) is 5. The molecular formula is C17H22F2N2O5. The van der Waals surface area contributed by atoms with E-state index >= 15 is 0 Å². The zero-order valence-electron chi connectivity index (χ0n) is 14.8. The number of nitrogens with one attached hydrogen (secondary N) is 2. The van der Waals surface area contributed by atoms with Crippen molar-refractivity contribution in [3.8, 4) is 0 Å². The van der Waals surface area contributed by atoms with Crippen LogP contribution in [0.1, 0.15) is 32.3 Å². The highest BCUT2D eigenvalue weighted by Gasteiger charge is 2.27. The van der Waals surface area contributed by atoms with Crippen molar-refractivity contribution in [3.05, 3.63) is 23.8 Å². The fraction of sp³-hybridized carbons (Fsp3) is 0.471. The van der Waals surface area contributed by atoms with Crippen LogP contribution in [0.15, 0.2) is 18.2 Å². The predicted octanol–water partition coefficient (Wildman–Crippen LogP) is 3.55. The lowest BCUT2D eigenvalue weighted by atomic mass is 10.1. The van der Waals surface area contributed by atoms with Gasteiger partial charge in [-0.15, -0.1) is 0 Å². The molecule has 2 rings (SSSR count). The molecule has 1 atom stereocenters. The lowest BCUT2D eigenvalue weighted by Crippen LogP contribution is -2.23. The van der Waals surface area contributed by atoms with Gasteiger partial charge in [-0.2, -0.15) is 0 Å². The molecule has 0 aliphatic carbocycles. The van der Waals surface area contributed by atoms with Gasteiger partial charge in [0.15, 0.2) is 0 Å². The van der Waals surface area contributed by atoms with E-state index in [1.807, 2.05) is 0 Å². The highest BCUT2D eigenvalue weighted by atomic mass is 19.3. The van der Waals surface area contributed by atoms with Gasteiger partial charge in [0.05, 0.1) is 12.8 Å².